The standard InChI is InChI=1S/C26H29N7O11S.Na.H/c1-2-30-9-10-31(22(39)21(30)38)25(42)29-17(13-3-5-14(6-4-13)33(27)26(43)44-11-7-16(34)35)19(36)28-18-20(37)32-15(24(40)41)8-12-45-23(18)32;;/h3-6,8,17-18,23H,2,7,9-12,27H2,1H3,(H,28,36)(H,29,42)(H,34,35)(H,40,41);;/q;+1;-1/t17-,18-,23-;;/m1../s1. The summed E-state index contributed by atoms with van der Waals surface area (Å²) in [5.41, 5.74) is -0.0244. The van der Waals surface area contributed by atoms with Gasteiger partial charge in [0.25, 0.3) is 5.91 Å². The molecule has 0 radical (unpaired) electrons. The van der Waals surface area contributed by atoms with Crippen LogP contribution in [-0.4, -0.2) is 116 Å². The Hall–Kier alpha value is -4.17. The number of likely N-dealkylation sites (N-methyl/N-ethyl adjacent to an activating group) is 1. The first kappa shape index (κ1) is 36.3. The molecule has 0 spiro atoms. The van der Waals surface area contributed by atoms with Crippen molar-refractivity contribution in [2.24, 2.45) is 5.84 Å². The van der Waals surface area contributed by atoms with Crippen LogP contribution in [0.5, 0.6) is 0 Å². The Bertz CT molecular complexity index is 1480. The molecule has 242 valence electrons. The number of amides is 7. The predicted octanol–water partition coefficient (Wildman–Crippen LogP) is -4.10. The van der Waals surface area contributed by atoms with Crippen molar-refractivity contribution in [2.45, 2.75) is 30.8 Å². The van der Waals surface area contributed by atoms with Gasteiger partial charge in [0.2, 0.25) is 5.91 Å². The van der Waals surface area contributed by atoms with E-state index in [1.165, 1.54) is 47.0 Å². The van der Waals surface area contributed by atoms with Crippen LogP contribution < -0.4 is 51.0 Å². The quantitative estimate of drug-likeness (QED) is 0.0397. The van der Waals surface area contributed by atoms with Crippen LogP contribution in [-0.2, 0) is 33.5 Å². The number of imide groups is 1. The first-order valence-electron chi connectivity index (χ1n) is 13.5. The van der Waals surface area contributed by atoms with Gasteiger partial charge in [0, 0.05) is 25.4 Å². The van der Waals surface area contributed by atoms with Crippen molar-refractivity contribution in [1.82, 2.24) is 25.3 Å². The van der Waals surface area contributed by atoms with Crippen molar-refractivity contribution in [2.75, 3.05) is 37.0 Å². The first-order valence-corrected chi connectivity index (χ1v) is 14.5. The van der Waals surface area contributed by atoms with Crippen LogP contribution in [0.2, 0.25) is 0 Å². The van der Waals surface area contributed by atoms with Crippen molar-refractivity contribution in [3.05, 3.63) is 41.6 Å². The van der Waals surface area contributed by atoms with Gasteiger partial charge in [0.1, 0.15) is 29.8 Å². The fraction of sp³-hybridized carbons (Fsp3) is 0.385. The second-order valence-corrected chi connectivity index (χ2v) is 10.9. The van der Waals surface area contributed by atoms with Crippen LogP contribution in [0.3, 0.4) is 0 Å². The topological polar surface area (TPSA) is 249 Å². The summed E-state index contributed by atoms with van der Waals surface area (Å²) in [5, 5.41) is 22.9. The molecule has 1 aromatic rings. The van der Waals surface area contributed by atoms with Crippen molar-refractivity contribution in [1.29, 1.82) is 0 Å². The average molecular weight is 672 g/mol. The van der Waals surface area contributed by atoms with Crippen molar-refractivity contribution in [3.63, 3.8) is 0 Å². The van der Waals surface area contributed by atoms with Gasteiger partial charge in [-0.15, -0.1) is 11.8 Å². The number of anilines is 1. The summed E-state index contributed by atoms with van der Waals surface area (Å²) in [7, 11) is 0. The van der Waals surface area contributed by atoms with Gasteiger partial charge in [-0.3, -0.25) is 33.8 Å². The summed E-state index contributed by atoms with van der Waals surface area (Å²) in [6, 6.07) is 1.53. The van der Waals surface area contributed by atoms with Crippen molar-refractivity contribution < 1.29 is 84.3 Å². The molecule has 3 aliphatic heterocycles. The van der Waals surface area contributed by atoms with E-state index in [0.717, 1.165) is 4.90 Å². The normalized spacial score (nSPS) is 19.5. The van der Waals surface area contributed by atoms with Gasteiger partial charge in [-0.1, -0.05) is 12.1 Å². The number of fused-ring (bicyclic) bond motifs is 1. The number of aliphatic carboxylic acids is 2. The molecule has 46 heavy (non-hydrogen) atoms. The van der Waals surface area contributed by atoms with E-state index in [9.17, 15) is 43.5 Å². The molecule has 0 bridgehead atoms. The number of urea groups is 1. The van der Waals surface area contributed by atoms with Gasteiger partial charge in [0.05, 0.1) is 12.1 Å². The average Bonchev–Trinajstić information content (AvgIpc) is 3.02. The molecular weight excluding hydrogens is 641 g/mol. The molecule has 1 aromatic carbocycles. The van der Waals surface area contributed by atoms with E-state index in [-0.39, 0.29) is 73.3 Å². The number of thioether (sulfide) groups is 1. The van der Waals surface area contributed by atoms with Crippen LogP contribution in [0.1, 0.15) is 26.4 Å². The number of nitrogens with zero attached hydrogens (tertiary/aromatic N) is 4. The third-order valence-corrected chi connectivity index (χ3v) is 8.26. The summed E-state index contributed by atoms with van der Waals surface area (Å²) in [4.78, 5) is 102. The zero-order valence-electron chi connectivity index (χ0n) is 25.7. The number of benzene rings is 1. The molecule has 20 heteroatoms. The van der Waals surface area contributed by atoms with Crippen LogP contribution in [0.25, 0.3) is 0 Å². The van der Waals surface area contributed by atoms with Crippen LogP contribution in [0.15, 0.2) is 36.0 Å². The van der Waals surface area contributed by atoms with E-state index >= 15 is 0 Å². The predicted molar refractivity (Wildman–Crippen MR) is 154 cm³/mol. The molecule has 3 atom stereocenters. The molecule has 0 unspecified atom stereocenters. The van der Waals surface area contributed by atoms with Crippen LogP contribution >= 0.6 is 11.8 Å². The monoisotopic (exact) mass is 671 g/mol. The molecule has 4 rings (SSSR count). The van der Waals surface area contributed by atoms with Gasteiger partial charge in [0.15, 0.2) is 0 Å². The Balaban J connectivity index is 0.00000384. The zero-order valence-corrected chi connectivity index (χ0v) is 27.5. The number of ether oxygens (including phenoxy) is 1. The molecule has 3 aliphatic rings. The van der Waals surface area contributed by atoms with Crippen molar-refractivity contribution >= 4 is 65.1 Å². The summed E-state index contributed by atoms with van der Waals surface area (Å²) < 4.78 is 4.79. The van der Waals surface area contributed by atoms with Gasteiger partial charge >= 0.3 is 65.4 Å². The maximum absolute atomic E-state index is 13.6. The van der Waals surface area contributed by atoms with Crippen LogP contribution in [0.4, 0.5) is 15.3 Å². The van der Waals surface area contributed by atoms with Gasteiger partial charge in [-0.2, -0.15) is 0 Å². The zero-order chi connectivity index (χ0) is 33.0. The number of carboxylic acid groups (broad SMARTS) is 2. The molecule has 7 amide bonds. The molecule has 2 saturated heterocycles. The number of carboxylic acids is 2. The molecule has 0 aliphatic carbocycles. The minimum atomic E-state index is -1.53. The maximum Gasteiger partial charge on any atom is 1.00 e. The number of carbonyl (C=O) groups is 8. The number of rotatable bonds is 10. The number of piperazine rings is 1. The Labute approximate surface area is 288 Å². The number of β-lactam (4-membered cyclic amide) rings is 1. The Morgan fingerprint density at radius 2 is 1.78 bits per heavy atom. The summed E-state index contributed by atoms with van der Waals surface area (Å²) in [6.07, 6.45) is -0.122. The number of hydrazine groups is 1. The number of hydrogen-bond acceptors (Lipinski definition) is 11. The summed E-state index contributed by atoms with van der Waals surface area (Å²) >= 11 is 1.22. The van der Waals surface area contributed by atoms with E-state index in [4.69, 9.17) is 15.7 Å². The second kappa shape index (κ2) is 15.4. The SMILES string of the molecule is CCN1CCN(C(=O)N[C@@H](C(=O)N[C@@H]2C(=O)N3C(C(=O)O)=CCS[C@H]23)c2ccc(N(N)C(=O)OCCC(=O)O)cc2)C(=O)C1=O.[H-].[Na+]. The second-order valence-electron chi connectivity index (χ2n) is 9.76. The summed E-state index contributed by atoms with van der Waals surface area (Å²) in [6.45, 7) is 1.45. The first-order chi connectivity index (χ1) is 21.3. The molecule has 0 saturated carbocycles. The largest absolute Gasteiger partial charge is 1.00 e. The molecule has 0 aromatic heterocycles. The minimum absolute atomic E-state index is 0. The molecular formula is C26H30N7NaO11S. The number of hydrogen-bond donors (Lipinski definition) is 5. The van der Waals surface area contributed by atoms with Gasteiger partial charge < -0.3 is 31.9 Å². The van der Waals surface area contributed by atoms with E-state index < -0.39 is 78.2 Å². The van der Waals surface area contributed by atoms with E-state index in [0.29, 0.717) is 9.91 Å². The molecule has 6 N–H and O–H groups in total. The fourth-order valence-electron chi connectivity index (χ4n) is 4.67. The van der Waals surface area contributed by atoms with Gasteiger partial charge in [-0.25, -0.2) is 25.2 Å². The van der Waals surface area contributed by atoms with Crippen molar-refractivity contribution in [3.8, 4) is 0 Å². The van der Waals surface area contributed by atoms with E-state index in [2.05, 4.69) is 10.6 Å². The third-order valence-electron chi connectivity index (χ3n) is 7.07. The Morgan fingerprint density at radius 1 is 1.11 bits per heavy atom. The number of carbonyl (C=O) groups excluding carboxylic acids is 6. The Morgan fingerprint density at radius 3 is 2.39 bits per heavy atom. The fourth-order valence-corrected chi connectivity index (χ4v) is 5.87. The van der Waals surface area contributed by atoms with Crippen LogP contribution in [0, 0.1) is 0 Å². The molecule has 18 nitrogen and oxygen atoms in total. The minimum Gasteiger partial charge on any atom is -1.00 e. The number of nitrogens with one attached hydrogen (secondary N) is 2. The van der Waals surface area contributed by atoms with Gasteiger partial charge in [-0.05, 0) is 30.7 Å². The third kappa shape index (κ3) is 7.61. The van der Waals surface area contributed by atoms with E-state index in [1.54, 1.807) is 6.92 Å². The Kier molecular flexibility index (Phi) is 12.2. The number of nitrogens with two attached hydrogens (primary N) is 1. The molecule has 2 fully saturated rings. The smallest absolute Gasteiger partial charge is 1.00 e. The van der Waals surface area contributed by atoms with E-state index in [1.807, 2.05) is 0 Å². The molecule has 3 heterocycles. The maximum atomic E-state index is 13.6. The summed E-state index contributed by atoms with van der Waals surface area (Å²) in [5.74, 6) is 0.0169.